The number of aryl methyl sites for hydroxylation is 1. The van der Waals surface area contributed by atoms with Gasteiger partial charge in [-0.1, -0.05) is 6.07 Å². The van der Waals surface area contributed by atoms with Crippen LogP contribution in [0, 0.1) is 6.92 Å². The zero-order valence-corrected chi connectivity index (χ0v) is 17.3. The van der Waals surface area contributed by atoms with Gasteiger partial charge in [-0.2, -0.15) is 0 Å². The minimum atomic E-state index is -0.511. The maximum atomic E-state index is 12.7. The molecule has 3 aromatic heterocycles. The molecule has 4 aromatic rings. The molecular weight excluding hydrogens is 460 g/mol. The lowest BCUT2D eigenvalue weighted by Crippen LogP contribution is -2.35. The standard InChI is InChI=1S/C19H13BrN4O4S/c1-10-21-18-13(7-8-29-18)19(27)24(10)23-16(25)11-3-2-4-12(9-11)22-17(26)14-5-6-15(20)28-14/h2-9H,1H3,(H,22,26)(H,23,25). The van der Waals surface area contributed by atoms with E-state index in [1.807, 2.05) is 0 Å². The predicted molar refractivity (Wildman–Crippen MR) is 113 cm³/mol. The minimum absolute atomic E-state index is 0.129. The minimum Gasteiger partial charge on any atom is -0.444 e. The van der Waals surface area contributed by atoms with Gasteiger partial charge in [-0.3, -0.25) is 19.8 Å². The third-order valence-corrected chi connectivity index (χ3v) is 5.29. The molecule has 0 aliphatic carbocycles. The molecule has 1 aromatic carbocycles. The largest absolute Gasteiger partial charge is 0.444 e. The van der Waals surface area contributed by atoms with E-state index in [0.717, 1.165) is 4.68 Å². The lowest BCUT2D eigenvalue weighted by atomic mass is 10.2. The summed E-state index contributed by atoms with van der Waals surface area (Å²) in [5.41, 5.74) is 2.88. The van der Waals surface area contributed by atoms with Crippen LogP contribution in [0.15, 0.2) is 61.7 Å². The summed E-state index contributed by atoms with van der Waals surface area (Å²) in [5, 5.41) is 4.87. The van der Waals surface area contributed by atoms with Crippen LogP contribution in [0.3, 0.4) is 0 Å². The number of thiophene rings is 1. The highest BCUT2D eigenvalue weighted by atomic mass is 79.9. The number of carbonyl (C=O) groups excluding carboxylic acids is 2. The number of halogens is 1. The highest BCUT2D eigenvalue weighted by molar-refractivity contribution is 9.10. The van der Waals surface area contributed by atoms with E-state index in [9.17, 15) is 14.4 Å². The number of amides is 2. The van der Waals surface area contributed by atoms with E-state index in [0.29, 0.717) is 26.4 Å². The molecule has 2 N–H and O–H groups in total. The monoisotopic (exact) mass is 472 g/mol. The number of aromatic nitrogens is 2. The van der Waals surface area contributed by atoms with Crippen molar-refractivity contribution in [1.29, 1.82) is 0 Å². The van der Waals surface area contributed by atoms with Crippen LogP contribution >= 0.6 is 27.3 Å². The van der Waals surface area contributed by atoms with Gasteiger partial charge in [-0.25, -0.2) is 9.66 Å². The third-order valence-electron chi connectivity index (χ3n) is 4.06. The molecule has 2 amide bonds. The molecule has 10 heteroatoms. The maximum absolute atomic E-state index is 12.7. The van der Waals surface area contributed by atoms with E-state index in [1.165, 1.54) is 23.5 Å². The topological polar surface area (TPSA) is 106 Å². The number of nitrogens with one attached hydrogen (secondary N) is 2. The first-order valence-corrected chi connectivity index (χ1v) is 10.0. The van der Waals surface area contributed by atoms with Crippen molar-refractivity contribution in [3.63, 3.8) is 0 Å². The van der Waals surface area contributed by atoms with Gasteiger partial charge < -0.3 is 9.73 Å². The predicted octanol–water partition coefficient (Wildman–Crippen LogP) is 3.76. The molecule has 29 heavy (non-hydrogen) atoms. The summed E-state index contributed by atoms with van der Waals surface area (Å²) < 4.78 is 6.76. The summed E-state index contributed by atoms with van der Waals surface area (Å²) in [6.07, 6.45) is 0. The number of carbonyl (C=O) groups is 2. The summed E-state index contributed by atoms with van der Waals surface area (Å²) in [6.45, 7) is 1.64. The second kappa shape index (κ2) is 7.64. The molecule has 0 saturated heterocycles. The van der Waals surface area contributed by atoms with Crippen LogP contribution in [0.1, 0.15) is 26.7 Å². The lowest BCUT2D eigenvalue weighted by molar-refractivity contribution is 0.0989. The summed E-state index contributed by atoms with van der Waals surface area (Å²) in [5.74, 6) is -0.467. The average molecular weight is 473 g/mol. The van der Waals surface area contributed by atoms with Gasteiger partial charge in [0.1, 0.15) is 10.7 Å². The summed E-state index contributed by atoms with van der Waals surface area (Å²) in [4.78, 5) is 42.4. The molecule has 0 aliphatic rings. The molecule has 8 nitrogen and oxygen atoms in total. The van der Waals surface area contributed by atoms with Crippen molar-refractivity contribution in [2.75, 3.05) is 10.7 Å². The zero-order valence-electron chi connectivity index (χ0n) is 14.9. The van der Waals surface area contributed by atoms with Gasteiger partial charge in [0.05, 0.1) is 5.39 Å². The number of benzene rings is 1. The molecule has 0 spiro atoms. The van der Waals surface area contributed by atoms with Crippen molar-refractivity contribution < 1.29 is 14.0 Å². The average Bonchev–Trinajstić information content (AvgIpc) is 3.34. The first kappa shape index (κ1) is 19.1. The van der Waals surface area contributed by atoms with Crippen LogP contribution in [0.25, 0.3) is 10.2 Å². The Morgan fingerprint density at radius 1 is 1.17 bits per heavy atom. The number of hydrogen-bond donors (Lipinski definition) is 2. The van der Waals surface area contributed by atoms with Crippen LogP contribution in [-0.2, 0) is 0 Å². The Balaban J connectivity index is 1.56. The van der Waals surface area contributed by atoms with Crippen LogP contribution in [-0.4, -0.2) is 21.5 Å². The Morgan fingerprint density at radius 2 is 2.00 bits per heavy atom. The van der Waals surface area contributed by atoms with Crippen molar-refractivity contribution in [3.8, 4) is 0 Å². The molecule has 4 rings (SSSR count). The summed E-state index contributed by atoms with van der Waals surface area (Å²) in [7, 11) is 0. The second-order valence-electron chi connectivity index (χ2n) is 6.02. The number of furan rings is 1. The molecule has 146 valence electrons. The molecule has 0 unspecified atom stereocenters. The van der Waals surface area contributed by atoms with E-state index >= 15 is 0 Å². The quantitative estimate of drug-likeness (QED) is 0.470. The van der Waals surface area contributed by atoms with E-state index in [1.54, 1.807) is 42.6 Å². The molecular formula is C19H13BrN4O4S. The van der Waals surface area contributed by atoms with Crippen molar-refractivity contribution in [1.82, 2.24) is 9.66 Å². The Morgan fingerprint density at radius 3 is 2.76 bits per heavy atom. The Labute approximate surface area is 176 Å². The van der Waals surface area contributed by atoms with Gasteiger partial charge in [0.15, 0.2) is 10.4 Å². The summed E-state index contributed by atoms with van der Waals surface area (Å²) in [6, 6.07) is 11.1. The van der Waals surface area contributed by atoms with Crippen molar-refractivity contribution in [2.45, 2.75) is 6.92 Å². The smallest absolute Gasteiger partial charge is 0.291 e. The fourth-order valence-electron chi connectivity index (χ4n) is 2.68. The van der Waals surface area contributed by atoms with Crippen LogP contribution in [0.5, 0.6) is 0 Å². The van der Waals surface area contributed by atoms with Crippen molar-refractivity contribution >= 4 is 55.0 Å². The highest BCUT2D eigenvalue weighted by Gasteiger charge is 2.15. The van der Waals surface area contributed by atoms with Gasteiger partial charge in [-0.15, -0.1) is 11.3 Å². The highest BCUT2D eigenvalue weighted by Crippen LogP contribution is 2.17. The van der Waals surface area contributed by atoms with Crippen LogP contribution < -0.4 is 16.3 Å². The fourth-order valence-corrected chi connectivity index (χ4v) is 3.79. The first-order chi connectivity index (χ1) is 13.9. The zero-order chi connectivity index (χ0) is 20.5. The molecule has 0 atom stereocenters. The Kier molecular flexibility index (Phi) is 5.03. The van der Waals surface area contributed by atoms with Crippen molar-refractivity contribution in [2.24, 2.45) is 0 Å². The molecule has 0 saturated carbocycles. The number of anilines is 1. The van der Waals surface area contributed by atoms with E-state index in [2.05, 4.69) is 31.7 Å². The molecule has 0 radical (unpaired) electrons. The summed E-state index contributed by atoms with van der Waals surface area (Å²) >= 11 is 4.50. The maximum Gasteiger partial charge on any atom is 0.291 e. The fraction of sp³-hybridized carbons (Fsp3) is 0.0526. The van der Waals surface area contributed by atoms with Gasteiger partial charge in [0.2, 0.25) is 0 Å². The third kappa shape index (κ3) is 3.84. The van der Waals surface area contributed by atoms with Gasteiger partial charge in [0, 0.05) is 11.3 Å². The second-order valence-corrected chi connectivity index (χ2v) is 7.69. The van der Waals surface area contributed by atoms with E-state index < -0.39 is 11.8 Å². The molecule has 0 aliphatic heterocycles. The van der Waals surface area contributed by atoms with Gasteiger partial charge >= 0.3 is 0 Å². The number of hydrogen-bond acceptors (Lipinski definition) is 6. The Hall–Kier alpha value is -3.24. The van der Waals surface area contributed by atoms with E-state index in [4.69, 9.17) is 4.42 Å². The lowest BCUT2D eigenvalue weighted by Gasteiger charge is -2.11. The first-order valence-electron chi connectivity index (χ1n) is 8.37. The van der Waals surface area contributed by atoms with Gasteiger partial charge in [-0.05, 0) is 64.6 Å². The van der Waals surface area contributed by atoms with E-state index in [-0.39, 0.29) is 16.9 Å². The van der Waals surface area contributed by atoms with Gasteiger partial charge in [0.25, 0.3) is 17.4 Å². The van der Waals surface area contributed by atoms with Crippen LogP contribution in [0.2, 0.25) is 0 Å². The molecule has 3 heterocycles. The molecule has 0 fully saturated rings. The van der Waals surface area contributed by atoms with Crippen LogP contribution in [0.4, 0.5) is 5.69 Å². The number of nitrogens with zero attached hydrogens (tertiary/aromatic N) is 2. The Bertz CT molecular complexity index is 1310. The number of rotatable bonds is 4. The van der Waals surface area contributed by atoms with Crippen molar-refractivity contribution in [3.05, 3.63) is 80.0 Å². The number of fused-ring (bicyclic) bond motifs is 1. The molecule has 0 bridgehead atoms. The SMILES string of the molecule is Cc1nc2sccc2c(=O)n1NC(=O)c1cccc(NC(=O)c2ccc(Br)o2)c1. The normalized spacial score (nSPS) is 10.8.